The van der Waals surface area contributed by atoms with E-state index in [2.05, 4.69) is 79.8 Å². The molecule has 1 unspecified atom stereocenters. The highest BCUT2D eigenvalue weighted by Crippen LogP contribution is 2.52. The summed E-state index contributed by atoms with van der Waals surface area (Å²) in [5.41, 5.74) is 8.34. The number of hydrogen-bond acceptors (Lipinski definition) is 11. The number of imidazole rings is 1. The number of aryl methyl sites for hydroxylation is 1. The quantitative estimate of drug-likeness (QED) is 0.150. The van der Waals surface area contributed by atoms with E-state index in [0.717, 1.165) is 103 Å². The second kappa shape index (κ2) is 18.7. The van der Waals surface area contributed by atoms with Crippen LogP contribution in [-0.4, -0.2) is 135 Å². The van der Waals surface area contributed by atoms with E-state index in [1.807, 2.05) is 24.2 Å². The van der Waals surface area contributed by atoms with Gasteiger partial charge in [0.2, 0.25) is 23.6 Å². The summed E-state index contributed by atoms with van der Waals surface area (Å²) in [6, 6.07) is 13.3. The average Bonchev–Trinajstić information content (AvgIpc) is 4.00. The first kappa shape index (κ1) is 47.4. The van der Waals surface area contributed by atoms with E-state index >= 15 is 0 Å². The van der Waals surface area contributed by atoms with Crippen LogP contribution >= 0.6 is 0 Å². The standard InChI is InChI=1S/C57H75N11O4/c1-36(2)68-35-59-47-32-46(61-51(50(47)68)60-41-9-10-41)39-8-12-45-48(29-39)67(43-30-42(31-43)63-20-6-5-7-21-63)34-57(45)18-26-66(27-19-57)55(72)56(4)16-24-65(25-17-56)54(71)38-14-22-64(23-15-38)52-37(3)28-40(33-58-52)44-11-13-49(69)62-53(44)70/h8,12,28-29,32-33,35-36,38,41-44H,5-7,9-11,13-27,30-31,34H2,1-4H3,(H,60,61)(H,62,69,70). The number of nitrogens with one attached hydrogen (secondary N) is 2. The van der Waals surface area contributed by atoms with Crippen LogP contribution in [0.15, 0.2) is 42.9 Å². The SMILES string of the molecule is Cc1cc(C2CCC(=O)NC2=O)cnc1N1CCC(C(=O)N2CCC(C)(C(=O)N3CCC4(CC3)CN(C3CC(N5CCCCC5)C3)c3cc(-c5cc6ncn(C(C)C)c6c(NC6CC6)n5)ccc34)CC2)CC1. The smallest absolute Gasteiger partial charge is 0.234 e. The number of aromatic nitrogens is 4. The number of rotatable bonds is 10. The van der Waals surface area contributed by atoms with Crippen molar-refractivity contribution < 1.29 is 19.2 Å². The van der Waals surface area contributed by atoms with Gasteiger partial charge in [-0.3, -0.25) is 24.5 Å². The molecule has 2 N–H and O–H groups in total. The second-order valence-electron chi connectivity index (χ2n) is 23.8. The lowest BCUT2D eigenvalue weighted by molar-refractivity contribution is -0.149. The maximum atomic E-state index is 14.6. The van der Waals surface area contributed by atoms with Crippen molar-refractivity contribution in [1.82, 2.24) is 39.5 Å². The number of anilines is 3. The largest absolute Gasteiger partial charge is 0.367 e. The van der Waals surface area contributed by atoms with Gasteiger partial charge in [-0.15, -0.1) is 0 Å². The Morgan fingerprint density at radius 1 is 0.819 bits per heavy atom. The first-order chi connectivity index (χ1) is 34.8. The highest BCUT2D eigenvalue weighted by molar-refractivity contribution is 6.01. The van der Waals surface area contributed by atoms with Gasteiger partial charge in [0.1, 0.15) is 11.3 Å². The normalized spacial score (nSPS) is 25.8. The van der Waals surface area contributed by atoms with E-state index < -0.39 is 5.41 Å². The van der Waals surface area contributed by atoms with Crippen molar-refractivity contribution in [2.75, 3.05) is 74.0 Å². The summed E-state index contributed by atoms with van der Waals surface area (Å²) in [5.74, 6) is 1.44. The Bertz CT molecular complexity index is 2750. The van der Waals surface area contributed by atoms with Crippen LogP contribution < -0.4 is 20.4 Å². The number of imide groups is 1. The number of pyridine rings is 2. The van der Waals surface area contributed by atoms with Crippen molar-refractivity contribution in [3.63, 3.8) is 0 Å². The summed E-state index contributed by atoms with van der Waals surface area (Å²) in [5, 5.41) is 6.21. The van der Waals surface area contributed by atoms with E-state index in [-0.39, 0.29) is 46.9 Å². The molecule has 4 amide bonds. The van der Waals surface area contributed by atoms with Crippen LogP contribution in [0.3, 0.4) is 0 Å². The van der Waals surface area contributed by atoms with Crippen molar-refractivity contribution in [3.05, 3.63) is 59.5 Å². The zero-order chi connectivity index (χ0) is 49.5. The lowest BCUT2D eigenvalue weighted by atomic mass is 9.72. The van der Waals surface area contributed by atoms with Gasteiger partial charge in [0, 0.05) is 111 Å². The minimum Gasteiger partial charge on any atom is -0.367 e. The van der Waals surface area contributed by atoms with Crippen LogP contribution in [0, 0.1) is 18.3 Å². The number of carbonyl (C=O) groups is 4. The molecule has 15 nitrogen and oxygen atoms in total. The first-order valence-corrected chi connectivity index (χ1v) is 27.8. The van der Waals surface area contributed by atoms with Gasteiger partial charge in [0.05, 0.1) is 23.5 Å². The summed E-state index contributed by atoms with van der Waals surface area (Å²) < 4.78 is 2.24. The number of nitrogens with zero attached hydrogens (tertiary/aromatic N) is 9. The summed E-state index contributed by atoms with van der Waals surface area (Å²) in [6.45, 7) is 16.3. The van der Waals surface area contributed by atoms with Gasteiger partial charge in [-0.1, -0.05) is 31.5 Å². The van der Waals surface area contributed by atoms with E-state index in [9.17, 15) is 19.2 Å². The molecular formula is C57H75N11O4. The molecule has 6 aliphatic heterocycles. The van der Waals surface area contributed by atoms with Crippen LogP contribution in [0.5, 0.6) is 0 Å². The molecule has 1 spiro atoms. The topological polar surface area (TPSA) is 152 Å². The summed E-state index contributed by atoms with van der Waals surface area (Å²) >= 11 is 0. The van der Waals surface area contributed by atoms with Gasteiger partial charge in [0.25, 0.3) is 0 Å². The second-order valence-corrected chi connectivity index (χ2v) is 23.8. The lowest BCUT2D eigenvalue weighted by Gasteiger charge is -2.49. The van der Waals surface area contributed by atoms with E-state index in [1.165, 1.54) is 69.3 Å². The molecular weight excluding hydrogens is 903 g/mol. The number of benzene rings is 1. The van der Waals surface area contributed by atoms with Gasteiger partial charge >= 0.3 is 0 Å². The summed E-state index contributed by atoms with van der Waals surface area (Å²) in [4.78, 5) is 79.8. The molecule has 0 bridgehead atoms. The molecule has 5 saturated heterocycles. The van der Waals surface area contributed by atoms with Crippen molar-refractivity contribution >= 4 is 52.0 Å². The maximum Gasteiger partial charge on any atom is 0.234 e. The third-order valence-corrected chi connectivity index (χ3v) is 18.7. The van der Waals surface area contributed by atoms with Gasteiger partial charge < -0.3 is 34.4 Å². The van der Waals surface area contributed by atoms with Crippen molar-refractivity contribution in [2.24, 2.45) is 11.3 Å². The Balaban J connectivity index is 0.695. The molecule has 0 radical (unpaired) electrons. The number of hydrogen-bond donors (Lipinski definition) is 2. The van der Waals surface area contributed by atoms with Gasteiger partial charge in [0.15, 0.2) is 5.82 Å². The average molecular weight is 978 g/mol. The van der Waals surface area contributed by atoms with Gasteiger partial charge in [-0.05, 0) is 146 Å². The molecule has 1 atom stereocenters. The molecule has 8 aliphatic rings. The van der Waals surface area contributed by atoms with Crippen LogP contribution in [0.2, 0.25) is 0 Å². The zero-order valence-electron chi connectivity index (χ0n) is 43.1. The number of likely N-dealkylation sites (tertiary alicyclic amines) is 3. The Kier molecular flexibility index (Phi) is 12.3. The Hall–Kier alpha value is -5.57. The predicted molar refractivity (Wildman–Crippen MR) is 280 cm³/mol. The molecule has 2 saturated carbocycles. The van der Waals surface area contributed by atoms with Crippen molar-refractivity contribution in [2.45, 2.75) is 160 Å². The Morgan fingerprint density at radius 3 is 2.25 bits per heavy atom. The predicted octanol–water partition coefficient (Wildman–Crippen LogP) is 7.72. The summed E-state index contributed by atoms with van der Waals surface area (Å²) in [6.07, 6.45) is 18.2. The molecule has 72 heavy (non-hydrogen) atoms. The van der Waals surface area contributed by atoms with Crippen LogP contribution in [0.1, 0.15) is 146 Å². The van der Waals surface area contributed by atoms with Crippen LogP contribution in [0.25, 0.3) is 22.3 Å². The number of carbonyl (C=O) groups excluding carboxylic acids is 4. The van der Waals surface area contributed by atoms with E-state index in [4.69, 9.17) is 15.0 Å². The molecule has 9 heterocycles. The van der Waals surface area contributed by atoms with Crippen LogP contribution in [-0.2, 0) is 24.6 Å². The lowest BCUT2D eigenvalue weighted by Crippen LogP contribution is -2.57. The third-order valence-electron chi connectivity index (χ3n) is 18.7. The van der Waals surface area contributed by atoms with Crippen LogP contribution in [0.4, 0.5) is 17.3 Å². The van der Waals surface area contributed by atoms with Gasteiger partial charge in [-0.25, -0.2) is 15.0 Å². The molecule has 2 aliphatic carbocycles. The minimum atomic E-state index is -0.482. The minimum absolute atomic E-state index is 0.00672. The molecule has 1 aromatic carbocycles. The van der Waals surface area contributed by atoms with Crippen molar-refractivity contribution in [1.29, 1.82) is 0 Å². The molecule has 382 valence electrons. The molecule has 15 heteroatoms. The highest BCUT2D eigenvalue weighted by atomic mass is 16.2. The Morgan fingerprint density at radius 2 is 1.56 bits per heavy atom. The zero-order valence-corrected chi connectivity index (χ0v) is 43.1. The van der Waals surface area contributed by atoms with Crippen molar-refractivity contribution in [3.8, 4) is 11.3 Å². The molecule has 7 fully saturated rings. The number of amides is 4. The fraction of sp³-hybridized carbons (Fsp3) is 0.632. The number of piperidine rings is 5. The molecule has 12 rings (SSSR count). The van der Waals surface area contributed by atoms with E-state index in [0.29, 0.717) is 56.9 Å². The molecule has 4 aromatic rings. The maximum absolute atomic E-state index is 14.6. The Labute approximate surface area is 424 Å². The molecule has 3 aromatic heterocycles. The fourth-order valence-corrected chi connectivity index (χ4v) is 13.8. The fourth-order valence-electron chi connectivity index (χ4n) is 13.8. The highest BCUT2D eigenvalue weighted by Gasteiger charge is 2.51. The number of fused-ring (bicyclic) bond motifs is 3. The monoisotopic (exact) mass is 978 g/mol. The third kappa shape index (κ3) is 8.72. The first-order valence-electron chi connectivity index (χ1n) is 27.8. The van der Waals surface area contributed by atoms with Gasteiger partial charge in [-0.2, -0.15) is 0 Å². The summed E-state index contributed by atoms with van der Waals surface area (Å²) in [7, 11) is 0. The van der Waals surface area contributed by atoms with E-state index in [1.54, 1.807) is 6.20 Å².